The van der Waals surface area contributed by atoms with Crippen molar-refractivity contribution < 1.29 is 44.4 Å². The van der Waals surface area contributed by atoms with Crippen LogP contribution in [0.15, 0.2) is 48.5 Å². The summed E-state index contributed by atoms with van der Waals surface area (Å²) in [6, 6.07) is 6.79. The maximum absolute atomic E-state index is 13.3. The summed E-state index contributed by atoms with van der Waals surface area (Å²) in [4.78, 5) is 63.5. The molecule has 8 N–H and O–H groups in total. The molecule has 1 saturated heterocycles. The number of benzene rings is 2. The molecule has 0 spiro atoms. The van der Waals surface area contributed by atoms with E-state index in [9.17, 15) is 39.3 Å². The Kier molecular flexibility index (Phi) is 10.0. The number of aliphatic carboxylic acids is 2. The van der Waals surface area contributed by atoms with Gasteiger partial charge in [-0.15, -0.1) is 0 Å². The van der Waals surface area contributed by atoms with E-state index in [4.69, 9.17) is 10.8 Å². The molecule has 13 heteroatoms. The molecule has 1 aliphatic heterocycles. The zero-order chi connectivity index (χ0) is 29.4. The van der Waals surface area contributed by atoms with Gasteiger partial charge in [-0.05, 0) is 48.2 Å². The molecule has 0 radical (unpaired) electrons. The largest absolute Gasteiger partial charge is 0.508 e. The molecule has 0 aliphatic carbocycles. The number of hydrogen-bond donors (Lipinski definition) is 7. The number of phenolic OH excluding ortho intramolecular Hbond substituents is 2. The molecule has 13 nitrogen and oxygen atoms in total. The lowest BCUT2D eigenvalue weighted by Crippen LogP contribution is -2.57. The molecule has 1 fully saturated rings. The number of carbonyl (C=O) groups is 5. The Morgan fingerprint density at radius 2 is 1.38 bits per heavy atom. The topological polar surface area (TPSA) is 220 Å². The van der Waals surface area contributed by atoms with Crippen LogP contribution in [0.2, 0.25) is 0 Å². The Hall–Kier alpha value is -4.65. The van der Waals surface area contributed by atoms with Crippen LogP contribution in [0.4, 0.5) is 0 Å². The molecule has 0 bridgehead atoms. The summed E-state index contributed by atoms with van der Waals surface area (Å²) in [5.41, 5.74) is 6.83. The lowest BCUT2D eigenvalue weighted by atomic mass is 10.0. The van der Waals surface area contributed by atoms with Gasteiger partial charge >= 0.3 is 11.9 Å². The van der Waals surface area contributed by atoms with Crippen molar-refractivity contribution in [3.63, 3.8) is 0 Å². The SMILES string of the molecule is NC(CC(=O)O)C(=O)N1CCCC1C(=O)NC(Cc1ccc(O)cc1)C(=O)NC(Cc1ccc(O)cc1)C(=O)O. The maximum Gasteiger partial charge on any atom is 0.326 e. The van der Waals surface area contributed by atoms with Crippen LogP contribution < -0.4 is 16.4 Å². The minimum Gasteiger partial charge on any atom is -0.508 e. The zero-order valence-corrected chi connectivity index (χ0v) is 21.5. The first-order valence-electron chi connectivity index (χ1n) is 12.6. The number of hydrogen-bond acceptors (Lipinski definition) is 8. The van der Waals surface area contributed by atoms with Gasteiger partial charge in [0.05, 0.1) is 12.5 Å². The fourth-order valence-electron chi connectivity index (χ4n) is 4.48. The van der Waals surface area contributed by atoms with Gasteiger partial charge in [0.2, 0.25) is 17.7 Å². The Balaban J connectivity index is 1.78. The van der Waals surface area contributed by atoms with Crippen molar-refractivity contribution in [1.82, 2.24) is 15.5 Å². The lowest BCUT2D eigenvalue weighted by Gasteiger charge is -2.28. The lowest BCUT2D eigenvalue weighted by molar-refractivity contribution is -0.144. The van der Waals surface area contributed by atoms with Crippen molar-refractivity contribution in [3.8, 4) is 11.5 Å². The van der Waals surface area contributed by atoms with Gasteiger partial charge in [-0.3, -0.25) is 19.2 Å². The highest BCUT2D eigenvalue weighted by molar-refractivity contribution is 5.95. The van der Waals surface area contributed by atoms with Crippen LogP contribution in [0.5, 0.6) is 11.5 Å². The van der Waals surface area contributed by atoms with Crippen LogP contribution >= 0.6 is 0 Å². The summed E-state index contributed by atoms with van der Waals surface area (Å²) in [5.74, 6) is -4.72. The van der Waals surface area contributed by atoms with E-state index >= 15 is 0 Å². The molecule has 40 heavy (non-hydrogen) atoms. The molecule has 0 aromatic heterocycles. The Bertz CT molecular complexity index is 1230. The summed E-state index contributed by atoms with van der Waals surface area (Å²) in [7, 11) is 0. The molecular weight excluding hydrogens is 524 g/mol. The van der Waals surface area contributed by atoms with Crippen molar-refractivity contribution in [3.05, 3.63) is 59.7 Å². The predicted molar refractivity (Wildman–Crippen MR) is 140 cm³/mol. The van der Waals surface area contributed by atoms with E-state index in [2.05, 4.69) is 10.6 Å². The molecule has 2 aromatic carbocycles. The van der Waals surface area contributed by atoms with Gasteiger partial charge in [0.15, 0.2) is 0 Å². The van der Waals surface area contributed by atoms with Crippen LogP contribution in [0.25, 0.3) is 0 Å². The quantitative estimate of drug-likeness (QED) is 0.181. The van der Waals surface area contributed by atoms with E-state index in [0.29, 0.717) is 17.5 Å². The number of amides is 3. The minimum absolute atomic E-state index is 0.000288. The highest BCUT2D eigenvalue weighted by Crippen LogP contribution is 2.20. The van der Waals surface area contributed by atoms with Gasteiger partial charge in [-0.25, -0.2) is 4.79 Å². The first kappa shape index (κ1) is 29.9. The summed E-state index contributed by atoms with van der Waals surface area (Å²) in [5, 5.41) is 42.8. The van der Waals surface area contributed by atoms with Crippen LogP contribution in [0.3, 0.4) is 0 Å². The third-order valence-corrected chi connectivity index (χ3v) is 6.55. The summed E-state index contributed by atoms with van der Waals surface area (Å²) < 4.78 is 0. The number of carboxylic acids is 2. The number of likely N-dealkylation sites (tertiary alicyclic amines) is 1. The number of nitrogens with zero attached hydrogens (tertiary/aromatic N) is 1. The molecule has 4 unspecified atom stereocenters. The van der Waals surface area contributed by atoms with Crippen LogP contribution in [-0.4, -0.2) is 85.7 Å². The Morgan fingerprint density at radius 1 is 0.850 bits per heavy atom. The zero-order valence-electron chi connectivity index (χ0n) is 21.5. The van der Waals surface area contributed by atoms with Crippen molar-refractivity contribution in [2.75, 3.05) is 6.54 Å². The fraction of sp³-hybridized carbons (Fsp3) is 0.370. The number of carbonyl (C=O) groups excluding carboxylic acids is 3. The van der Waals surface area contributed by atoms with Gasteiger partial charge in [0.1, 0.15) is 29.6 Å². The van der Waals surface area contributed by atoms with Crippen LogP contribution in [0.1, 0.15) is 30.4 Å². The number of carboxylic acid groups (broad SMARTS) is 2. The molecule has 3 rings (SSSR count). The Morgan fingerprint density at radius 3 is 1.88 bits per heavy atom. The maximum atomic E-state index is 13.3. The van der Waals surface area contributed by atoms with E-state index in [1.165, 1.54) is 41.3 Å². The van der Waals surface area contributed by atoms with Crippen molar-refractivity contribution >= 4 is 29.7 Å². The molecule has 2 aromatic rings. The third kappa shape index (κ3) is 8.17. The smallest absolute Gasteiger partial charge is 0.326 e. The van der Waals surface area contributed by atoms with Crippen molar-refractivity contribution in [1.29, 1.82) is 0 Å². The summed E-state index contributed by atoms with van der Waals surface area (Å²) in [6.07, 6.45) is -0.0148. The number of phenols is 2. The average molecular weight is 557 g/mol. The second-order valence-electron chi connectivity index (χ2n) is 9.60. The first-order chi connectivity index (χ1) is 18.9. The van der Waals surface area contributed by atoms with E-state index in [-0.39, 0.29) is 37.3 Å². The van der Waals surface area contributed by atoms with Gasteiger partial charge in [-0.2, -0.15) is 0 Å². The monoisotopic (exact) mass is 556 g/mol. The molecule has 0 saturated carbocycles. The van der Waals surface area contributed by atoms with E-state index in [0.717, 1.165) is 0 Å². The average Bonchev–Trinajstić information content (AvgIpc) is 3.39. The number of rotatable bonds is 12. The Labute approximate surface area is 229 Å². The second kappa shape index (κ2) is 13.4. The van der Waals surface area contributed by atoms with Crippen molar-refractivity contribution in [2.45, 2.75) is 56.3 Å². The highest BCUT2D eigenvalue weighted by Gasteiger charge is 2.38. The first-order valence-corrected chi connectivity index (χ1v) is 12.6. The summed E-state index contributed by atoms with van der Waals surface area (Å²) in [6.45, 7) is 0.187. The third-order valence-electron chi connectivity index (χ3n) is 6.55. The van der Waals surface area contributed by atoms with E-state index in [1.54, 1.807) is 12.1 Å². The number of aromatic hydroxyl groups is 2. The molecule has 4 atom stereocenters. The molecule has 1 aliphatic rings. The number of nitrogens with one attached hydrogen (secondary N) is 2. The van der Waals surface area contributed by atoms with E-state index in [1.807, 2.05) is 0 Å². The van der Waals surface area contributed by atoms with E-state index < -0.39 is 60.2 Å². The van der Waals surface area contributed by atoms with Gasteiger partial charge < -0.3 is 41.7 Å². The minimum atomic E-state index is -1.35. The highest BCUT2D eigenvalue weighted by atomic mass is 16.4. The summed E-state index contributed by atoms with van der Waals surface area (Å²) >= 11 is 0. The second-order valence-corrected chi connectivity index (χ2v) is 9.60. The number of nitrogens with two attached hydrogens (primary N) is 1. The predicted octanol–water partition coefficient (Wildman–Crippen LogP) is -0.270. The standard InChI is InChI=1S/C27H32N4O9/c28-19(14-23(34)35)26(38)31-11-1-2-22(31)25(37)29-20(12-15-3-7-17(32)8-4-15)24(36)30-21(27(39)40)13-16-5-9-18(33)10-6-16/h3-10,19-22,32-33H,1-2,11-14,28H2,(H,29,37)(H,30,36)(H,34,35)(H,39,40). The van der Waals surface area contributed by atoms with Gasteiger partial charge in [-0.1, -0.05) is 24.3 Å². The molecule has 214 valence electrons. The van der Waals surface area contributed by atoms with Crippen LogP contribution in [-0.2, 0) is 36.8 Å². The molecular formula is C27H32N4O9. The van der Waals surface area contributed by atoms with Crippen LogP contribution in [0, 0.1) is 0 Å². The molecule has 1 heterocycles. The van der Waals surface area contributed by atoms with Crippen molar-refractivity contribution in [2.24, 2.45) is 5.73 Å². The fourth-order valence-corrected chi connectivity index (χ4v) is 4.48. The normalized spacial score (nSPS) is 16.9. The molecule has 3 amide bonds. The van der Waals surface area contributed by atoms with Gasteiger partial charge in [0, 0.05) is 19.4 Å². The van der Waals surface area contributed by atoms with Gasteiger partial charge in [0.25, 0.3) is 0 Å².